The number of thiazole rings is 1. The van der Waals surface area contributed by atoms with Gasteiger partial charge in [0.2, 0.25) is 4.96 Å². The SMILES string of the molecule is C=CCOc1ccc(/C=c2\sc3nc(-c4ccc(OCC)cc4)nn3c2=O)cc1OC. The number of hydrogen-bond donors (Lipinski definition) is 0. The van der Waals surface area contributed by atoms with Crippen LogP contribution in [0.5, 0.6) is 17.2 Å². The zero-order valence-electron chi connectivity index (χ0n) is 17.2. The summed E-state index contributed by atoms with van der Waals surface area (Å²) in [6.07, 6.45) is 3.46. The average Bonchev–Trinajstić information content (AvgIpc) is 3.33. The van der Waals surface area contributed by atoms with Crippen LogP contribution in [0.1, 0.15) is 12.5 Å². The Hall–Kier alpha value is -3.65. The van der Waals surface area contributed by atoms with Gasteiger partial charge in [0, 0.05) is 5.56 Å². The summed E-state index contributed by atoms with van der Waals surface area (Å²) in [7, 11) is 1.57. The van der Waals surface area contributed by atoms with Gasteiger partial charge in [0.25, 0.3) is 5.56 Å². The van der Waals surface area contributed by atoms with Crippen LogP contribution in [0.2, 0.25) is 0 Å². The Bertz CT molecular complexity index is 1330. The van der Waals surface area contributed by atoms with E-state index in [1.165, 1.54) is 15.9 Å². The van der Waals surface area contributed by atoms with E-state index in [2.05, 4.69) is 16.7 Å². The lowest BCUT2D eigenvalue weighted by Gasteiger charge is -2.09. The molecule has 0 radical (unpaired) electrons. The van der Waals surface area contributed by atoms with Gasteiger partial charge in [-0.25, -0.2) is 0 Å². The van der Waals surface area contributed by atoms with Crippen molar-refractivity contribution in [3.05, 3.63) is 75.6 Å². The molecule has 7 nitrogen and oxygen atoms in total. The molecule has 4 rings (SSSR count). The number of aromatic nitrogens is 3. The van der Waals surface area contributed by atoms with Gasteiger partial charge in [0.15, 0.2) is 17.3 Å². The number of fused-ring (bicyclic) bond motifs is 1. The zero-order valence-corrected chi connectivity index (χ0v) is 18.0. The van der Waals surface area contributed by atoms with E-state index in [1.807, 2.05) is 43.3 Å². The summed E-state index contributed by atoms with van der Waals surface area (Å²) in [4.78, 5) is 17.9. The van der Waals surface area contributed by atoms with Crippen molar-refractivity contribution in [2.24, 2.45) is 0 Å². The molecule has 0 fully saturated rings. The lowest BCUT2D eigenvalue weighted by atomic mass is 10.2. The first-order valence-electron chi connectivity index (χ1n) is 9.69. The monoisotopic (exact) mass is 435 g/mol. The van der Waals surface area contributed by atoms with Gasteiger partial charge in [-0.15, -0.1) is 5.10 Å². The van der Waals surface area contributed by atoms with Gasteiger partial charge in [0.1, 0.15) is 12.4 Å². The minimum Gasteiger partial charge on any atom is -0.494 e. The van der Waals surface area contributed by atoms with Crippen molar-refractivity contribution in [2.75, 3.05) is 20.3 Å². The summed E-state index contributed by atoms with van der Waals surface area (Å²) in [6.45, 7) is 6.56. The maximum absolute atomic E-state index is 12.8. The number of benzene rings is 2. The van der Waals surface area contributed by atoms with Gasteiger partial charge in [0.05, 0.1) is 18.2 Å². The summed E-state index contributed by atoms with van der Waals surface area (Å²) < 4.78 is 18.3. The molecular formula is C23H21N3O4S. The molecule has 31 heavy (non-hydrogen) atoms. The van der Waals surface area contributed by atoms with Crippen molar-refractivity contribution in [1.29, 1.82) is 0 Å². The van der Waals surface area contributed by atoms with E-state index in [9.17, 15) is 4.79 Å². The van der Waals surface area contributed by atoms with Gasteiger partial charge in [-0.1, -0.05) is 30.1 Å². The third kappa shape index (κ3) is 4.29. The van der Waals surface area contributed by atoms with E-state index in [1.54, 1.807) is 25.3 Å². The Balaban J connectivity index is 1.66. The molecule has 0 aliphatic rings. The highest BCUT2D eigenvalue weighted by Crippen LogP contribution is 2.28. The Morgan fingerprint density at radius 1 is 1.13 bits per heavy atom. The molecule has 0 aliphatic heterocycles. The molecule has 0 saturated carbocycles. The third-order valence-corrected chi connectivity index (χ3v) is 5.41. The Morgan fingerprint density at radius 2 is 1.94 bits per heavy atom. The summed E-state index contributed by atoms with van der Waals surface area (Å²) in [5, 5.41) is 4.39. The van der Waals surface area contributed by atoms with Crippen molar-refractivity contribution in [3.8, 4) is 28.6 Å². The first-order valence-corrected chi connectivity index (χ1v) is 10.5. The molecule has 2 aromatic heterocycles. The number of hydrogen-bond acceptors (Lipinski definition) is 7. The molecule has 2 heterocycles. The molecule has 0 atom stereocenters. The Morgan fingerprint density at radius 3 is 2.61 bits per heavy atom. The molecule has 8 heteroatoms. The van der Waals surface area contributed by atoms with Crippen LogP contribution in [-0.4, -0.2) is 34.9 Å². The van der Waals surface area contributed by atoms with Crippen LogP contribution in [0.3, 0.4) is 0 Å². The van der Waals surface area contributed by atoms with Gasteiger partial charge in [-0.05, 0) is 55.0 Å². The molecule has 0 unspecified atom stereocenters. The van der Waals surface area contributed by atoms with Crippen LogP contribution in [0.25, 0.3) is 22.4 Å². The summed E-state index contributed by atoms with van der Waals surface area (Å²) in [6, 6.07) is 13.0. The normalized spacial score (nSPS) is 11.6. The van der Waals surface area contributed by atoms with Crippen molar-refractivity contribution in [2.45, 2.75) is 6.92 Å². The van der Waals surface area contributed by atoms with Gasteiger partial charge in [-0.3, -0.25) is 4.79 Å². The first-order chi connectivity index (χ1) is 15.1. The predicted molar refractivity (Wildman–Crippen MR) is 121 cm³/mol. The van der Waals surface area contributed by atoms with E-state index >= 15 is 0 Å². The molecule has 0 bridgehead atoms. The lowest BCUT2D eigenvalue weighted by Crippen LogP contribution is -2.23. The summed E-state index contributed by atoms with van der Waals surface area (Å²) in [5.74, 6) is 2.48. The minimum absolute atomic E-state index is 0.212. The van der Waals surface area contributed by atoms with E-state index in [-0.39, 0.29) is 5.56 Å². The van der Waals surface area contributed by atoms with Gasteiger partial charge < -0.3 is 14.2 Å². The molecule has 4 aromatic rings. The van der Waals surface area contributed by atoms with E-state index in [0.717, 1.165) is 16.9 Å². The van der Waals surface area contributed by atoms with Crippen LogP contribution < -0.4 is 24.3 Å². The highest BCUT2D eigenvalue weighted by Gasteiger charge is 2.12. The molecule has 0 amide bonds. The fourth-order valence-electron chi connectivity index (χ4n) is 3.02. The second kappa shape index (κ2) is 9.01. The van der Waals surface area contributed by atoms with Gasteiger partial charge in [-0.2, -0.15) is 9.50 Å². The van der Waals surface area contributed by atoms with E-state index < -0.39 is 0 Å². The van der Waals surface area contributed by atoms with Crippen LogP contribution in [-0.2, 0) is 0 Å². The van der Waals surface area contributed by atoms with Crippen molar-refractivity contribution >= 4 is 22.4 Å². The predicted octanol–water partition coefficient (Wildman–Crippen LogP) is 3.34. The number of rotatable bonds is 8. The molecule has 2 aromatic carbocycles. The van der Waals surface area contributed by atoms with Crippen molar-refractivity contribution < 1.29 is 14.2 Å². The Labute approximate surface area is 182 Å². The molecule has 0 N–H and O–H groups in total. The lowest BCUT2D eigenvalue weighted by molar-refractivity contribution is 0.326. The number of ether oxygens (including phenoxy) is 3. The van der Waals surface area contributed by atoms with Gasteiger partial charge >= 0.3 is 0 Å². The maximum atomic E-state index is 12.8. The van der Waals surface area contributed by atoms with Crippen LogP contribution in [0.4, 0.5) is 0 Å². The minimum atomic E-state index is -0.212. The quantitative estimate of drug-likeness (QED) is 0.395. The molecule has 0 saturated heterocycles. The van der Waals surface area contributed by atoms with Crippen LogP contribution >= 0.6 is 11.3 Å². The molecular weight excluding hydrogens is 414 g/mol. The summed E-state index contributed by atoms with van der Waals surface area (Å²) >= 11 is 1.29. The smallest absolute Gasteiger partial charge is 0.291 e. The second-order valence-corrected chi connectivity index (χ2v) is 7.52. The fourth-order valence-corrected chi connectivity index (χ4v) is 3.92. The van der Waals surface area contributed by atoms with E-state index in [4.69, 9.17) is 14.2 Å². The maximum Gasteiger partial charge on any atom is 0.291 e. The van der Waals surface area contributed by atoms with Crippen LogP contribution in [0.15, 0.2) is 59.9 Å². The number of nitrogens with zero attached hydrogens (tertiary/aromatic N) is 3. The van der Waals surface area contributed by atoms with E-state index in [0.29, 0.717) is 40.0 Å². The van der Waals surface area contributed by atoms with Crippen molar-refractivity contribution in [3.63, 3.8) is 0 Å². The largest absolute Gasteiger partial charge is 0.494 e. The molecule has 158 valence electrons. The molecule has 0 spiro atoms. The standard InChI is InChI=1S/C23H21N3O4S/c1-4-12-30-18-11-6-15(13-19(18)28-3)14-20-22(27)26-23(31-20)24-21(25-26)16-7-9-17(10-8-16)29-5-2/h4,6-11,13-14H,1,5,12H2,2-3H3/b20-14-. The molecule has 0 aliphatic carbocycles. The Kier molecular flexibility index (Phi) is 5.99. The fraction of sp³-hybridized carbons (Fsp3) is 0.174. The summed E-state index contributed by atoms with van der Waals surface area (Å²) in [5.41, 5.74) is 1.43. The first kappa shape index (κ1) is 20.6. The average molecular weight is 436 g/mol. The van der Waals surface area contributed by atoms with Crippen molar-refractivity contribution in [1.82, 2.24) is 14.6 Å². The topological polar surface area (TPSA) is 75.0 Å². The van der Waals surface area contributed by atoms with Crippen LogP contribution in [0, 0.1) is 0 Å². The highest BCUT2D eigenvalue weighted by molar-refractivity contribution is 7.15. The zero-order chi connectivity index (χ0) is 21.8. The number of methoxy groups -OCH3 is 1. The highest BCUT2D eigenvalue weighted by atomic mass is 32.1. The second-order valence-electron chi connectivity index (χ2n) is 6.51. The third-order valence-electron chi connectivity index (χ3n) is 4.45.